The van der Waals surface area contributed by atoms with Crippen LogP contribution in [0.25, 0.3) is 0 Å². The topological polar surface area (TPSA) is 185 Å². The lowest BCUT2D eigenvalue weighted by Gasteiger charge is -2.24. The lowest BCUT2D eigenvalue weighted by Crippen LogP contribution is -2.22. The molecular formula is C24H34N8O4S2. The van der Waals surface area contributed by atoms with E-state index < -0.39 is 0 Å². The summed E-state index contributed by atoms with van der Waals surface area (Å²) in [6.45, 7) is 7.08. The largest absolute Gasteiger partial charge is 0.396 e. The molecule has 2 amide bonds. The lowest BCUT2D eigenvalue weighted by molar-refractivity contribution is -0.117. The van der Waals surface area contributed by atoms with Gasteiger partial charge in [-0.3, -0.25) is 9.59 Å². The summed E-state index contributed by atoms with van der Waals surface area (Å²) in [4.78, 5) is 45.0. The average Bonchev–Trinajstić information content (AvgIpc) is 2.88. The summed E-state index contributed by atoms with van der Waals surface area (Å²) in [5.41, 5.74) is 14.5. The fourth-order valence-electron chi connectivity index (χ4n) is 3.30. The predicted octanol–water partition coefficient (Wildman–Crippen LogP) is 2.27. The number of amides is 2. The number of aryl methyl sites for hydroxylation is 2. The number of nitrogens with two attached hydrogens (primary N) is 2. The minimum Gasteiger partial charge on any atom is -0.396 e. The smallest absolute Gasteiger partial charge is 0.214 e. The second-order valence-corrected chi connectivity index (χ2v) is 10.6. The summed E-state index contributed by atoms with van der Waals surface area (Å²) in [7, 11) is 2.69. The van der Waals surface area contributed by atoms with Crippen LogP contribution in [-0.4, -0.2) is 66.0 Å². The highest BCUT2D eigenvalue weighted by Crippen LogP contribution is 2.42. The minimum absolute atomic E-state index is 0.131. The highest BCUT2D eigenvalue weighted by Gasteiger charge is 2.18. The Bertz CT molecular complexity index is 1100. The first kappa shape index (κ1) is 31.0. The third-order valence-corrected chi connectivity index (χ3v) is 8.50. The van der Waals surface area contributed by atoms with Gasteiger partial charge in [-0.1, -0.05) is 21.6 Å². The Hall–Kier alpha value is -3.20. The number of aliphatic hydroxyl groups excluding tert-OH is 2. The van der Waals surface area contributed by atoms with Crippen LogP contribution in [0, 0.1) is 13.8 Å². The first-order valence-electron chi connectivity index (χ1n) is 11.7. The fraction of sp³-hybridized carbons (Fsp3) is 0.417. The number of nitrogen functional groups attached to an aromatic ring is 2. The summed E-state index contributed by atoms with van der Waals surface area (Å²) in [5, 5.41) is 19.4. The van der Waals surface area contributed by atoms with Crippen molar-refractivity contribution in [2.75, 3.05) is 24.7 Å². The Labute approximate surface area is 230 Å². The van der Waals surface area contributed by atoms with Crippen LogP contribution in [-0.2, 0) is 22.7 Å². The normalized spacial score (nSPS) is 12.5. The van der Waals surface area contributed by atoms with Crippen LogP contribution in [0.5, 0.6) is 0 Å². The van der Waals surface area contributed by atoms with Crippen molar-refractivity contribution in [3.63, 3.8) is 0 Å². The zero-order valence-electron chi connectivity index (χ0n) is 21.9. The average molecular weight is 563 g/mol. The molecule has 0 atom stereocenters. The van der Waals surface area contributed by atoms with E-state index in [1.54, 1.807) is 40.1 Å². The van der Waals surface area contributed by atoms with Crippen LogP contribution in [0.2, 0.25) is 0 Å². The molecule has 0 saturated heterocycles. The number of anilines is 2. The second-order valence-electron chi connectivity index (χ2n) is 8.25. The molecule has 0 bridgehead atoms. The van der Waals surface area contributed by atoms with E-state index in [2.05, 4.69) is 19.9 Å². The molecule has 0 radical (unpaired) electrons. The van der Waals surface area contributed by atoms with E-state index in [-0.39, 0.29) is 26.3 Å². The van der Waals surface area contributed by atoms with Crippen molar-refractivity contribution < 1.29 is 19.8 Å². The minimum atomic E-state index is -0.131. The van der Waals surface area contributed by atoms with Gasteiger partial charge in [0.05, 0.1) is 13.1 Å². The van der Waals surface area contributed by atoms with Gasteiger partial charge >= 0.3 is 0 Å². The van der Waals surface area contributed by atoms with Gasteiger partial charge in [0.15, 0.2) is 0 Å². The first-order chi connectivity index (χ1) is 18.1. The fourth-order valence-corrected chi connectivity index (χ4v) is 6.15. The van der Waals surface area contributed by atoms with Crippen molar-refractivity contribution in [3.05, 3.63) is 56.4 Å². The van der Waals surface area contributed by atoms with Gasteiger partial charge in [-0.2, -0.15) is 0 Å². The van der Waals surface area contributed by atoms with Crippen LogP contribution < -0.4 is 11.5 Å². The molecule has 2 aromatic rings. The van der Waals surface area contributed by atoms with E-state index >= 15 is 0 Å². The summed E-state index contributed by atoms with van der Waals surface area (Å²) < 4.78 is 0. The Kier molecular flexibility index (Phi) is 12.5. The zero-order valence-corrected chi connectivity index (χ0v) is 23.6. The molecular weight excluding hydrogens is 528 g/mol. The third kappa shape index (κ3) is 8.68. The quantitative estimate of drug-likeness (QED) is 0.184. The number of carbonyl (C=O) groups is 2. The highest BCUT2D eigenvalue weighted by atomic mass is 33.1. The number of hydrogen-bond donors (Lipinski definition) is 4. The number of hydrogen-bond acceptors (Lipinski definition) is 12. The molecule has 0 aromatic carbocycles. The summed E-state index contributed by atoms with van der Waals surface area (Å²) in [6, 6.07) is 0. The summed E-state index contributed by atoms with van der Waals surface area (Å²) in [6.07, 6.45) is 5.15. The molecule has 14 heteroatoms. The van der Waals surface area contributed by atoms with Crippen molar-refractivity contribution >= 4 is 46.0 Å². The molecule has 2 rings (SSSR count). The van der Waals surface area contributed by atoms with Crippen molar-refractivity contribution in [2.45, 2.75) is 53.6 Å². The zero-order chi connectivity index (χ0) is 28.2. The van der Waals surface area contributed by atoms with Gasteiger partial charge in [0.2, 0.25) is 12.8 Å². The van der Waals surface area contributed by atoms with Gasteiger partial charge in [-0.25, -0.2) is 19.9 Å². The third-order valence-electron chi connectivity index (χ3n) is 5.56. The van der Waals surface area contributed by atoms with Crippen LogP contribution >= 0.6 is 21.6 Å². The number of aromatic nitrogens is 4. The lowest BCUT2D eigenvalue weighted by atomic mass is 10.2. The SMILES string of the molecule is CC(=C(CCO)SSC(CCO)=C(C)N(C=O)Cc1cnc(C)nc1N)N(C=O)Cc1cnc(C)nc1N. The molecule has 2 aromatic heterocycles. The monoisotopic (exact) mass is 562 g/mol. The molecule has 0 spiro atoms. The molecule has 6 N–H and O–H groups in total. The molecule has 0 saturated carbocycles. The molecule has 0 aliphatic heterocycles. The van der Waals surface area contributed by atoms with Gasteiger partial charge in [-0.05, 0) is 27.7 Å². The number of allylic oxidation sites excluding steroid dienone is 2. The molecule has 206 valence electrons. The van der Waals surface area contributed by atoms with E-state index in [1.807, 2.05) is 0 Å². The molecule has 38 heavy (non-hydrogen) atoms. The van der Waals surface area contributed by atoms with Crippen molar-refractivity contribution in [1.29, 1.82) is 0 Å². The second kappa shape index (κ2) is 15.3. The van der Waals surface area contributed by atoms with E-state index in [9.17, 15) is 19.8 Å². The summed E-state index contributed by atoms with van der Waals surface area (Å²) >= 11 is 0. The molecule has 0 fully saturated rings. The van der Waals surface area contributed by atoms with Gasteiger partial charge in [-0.15, -0.1) is 0 Å². The molecule has 0 aliphatic carbocycles. The number of carbonyl (C=O) groups excluding carboxylic acids is 2. The first-order valence-corrected chi connectivity index (χ1v) is 13.9. The van der Waals surface area contributed by atoms with Gasteiger partial charge in [0, 0.05) is 70.8 Å². The van der Waals surface area contributed by atoms with Gasteiger partial charge in [0.25, 0.3) is 0 Å². The number of aliphatic hydroxyl groups is 2. The van der Waals surface area contributed by atoms with Crippen molar-refractivity contribution in [1.82, 2.24) is 29.7 Å². The van der Waals surface area contributed by atoms with E-state index in [4.69, 9.17) is 11.5 Å². The van der Waals surface area contributed by atoms with Crippen LogP contribution in [0.15, 0.2) is 33.6 Å². The Morgan fingerprint density at radius 1 is 0.816 bits per heavy atom. The number of nitrogens with zero attached hydrogens (tertiary/aromatic N) is 6. The Morgan fingerprint density at radius 3 is 1.47 bits per heavy atom. The van der Waals surface area contributed by atoms with Crippen molar-refractivity contribution in [2.24, 2.45) is 0 Å². The van der Waals surface area contributed by atoms with Gasteiger partial charge < -0.3 is 31.5 Å². The van der Waals surface area contributed by atoms with Crippen molar-refractivity contribution in [3.8, 4) is 0 Å². The van der Waals surface area contributed by atoms with E-state index in [0.717, 1.165) is 9.81 Å². The molecule has 0 aliphatic rings. The maximum atomic E-state index is 12.0. The highest BCUT2D eigenvalue weighted by molar-refractivity contribution is 8.79. The standard InChI is InChI=1S/C24H34N8O4S2/c1-15(31(13-35)11-19-9-27-17(3)29-23(19)25)21(5-7-33)37-38-22(6-8-34)16(2)32(14-36)12-20-10-28-18(4)30-24(20)26/h9-10,13-14,33-34H,5-8,11-12H2,1-4H3,(H2,25,27,29)(H2,26,28,30). The molecule has 2 heterocycles. The summed E-state index contributed by atoms with van der Waals surface area (Å²) in [5.74, 6) is 1.65. The van der Waals surface area contributed by atoms with Gasteiger partial charge in [0.1, 0.15) is 23.3 Å². The van der Waals surface area contributed by atoms with E-state index in [0.29, 0.717) is 71.5 Å². The molecule has 0 unspecified atom stereocenters. The Morgan fingerprint density at radius 2 is 1.18 bits per heavy atom. The Balaban J connectivity index is 2.30. The van der Waals surface area contributed by atoms with Crippen LogP contribution in [0.4, 0.5) is 11.6 Å². The maximum absolute atomic E-state index is 12.0. The number of rotatable bonds is 15. The van der Waals surface area contributed by atoms with E-state index in [1.165, 1.54) is 31.4 Å². The molecule has 12 nitrogen and oxygen atoms in total. The van der Waals surface area contributed by atoms with Crippen LogP contribution in [0.3, 0.4) is 0 Å². The maximum Gasteiger partial charge on any atom is 0.214 e. The predicted molar refractivity (Wildman–Crippen MR) is 150 cm³/mol. The van der Waals surface area contributed by atoms with Crippen LogP contribution in [0.1, 0.15) is 49.5 Å².